The molecule has 7 rings (SSSR count). The molecule has 4 aliphatic rings. The summed E-state index contributed by atoms with van der Waals surface area (Å²) in [5, 5.41) is 20.8. The van der Waals surface area contributed by atoms with Crippen LogP contribution in [0.2, 0.25) is 0 Å². The Morgan fingerprint density at radius 1 is 0.891 bits per heavy atom. The molecule has 0 bridgehead atoms. The van der Waals surface area contributed by atoms with Crippen LogP contribution in [0, 0.1) is 30.5 Å². The van der Waals surface area contributed by atoms with Gasteiger partial charge in [-0.05, 0) is 73.7 Å². The number of imide groups is 2. The zero-order chi connectivity index (χ0) is 32.9. The van der Waals surface area contributed by atoms with Crippen molar-refractivity contribution in [2.45, 2.75) is 35.4 Å². The maximum atomic E-state index is 14.4. The molecule has 0 radical (unpaired) electrons. The molecular formula is C34H25Cl2FN2O7. The zero-order valence-electron chi connectivity index (χ0n) is 24.1. The minimum absolute atomic E-state index is 0.0458. The van der Waals surface area contributed by atoms with E-state index >= 15 is 0 Å². The molecule has 2 heterocycles. The molecule has 2 N–H and O–H groups in total. The molecule has 3 fully saturated rings. The number of carboxylic acid groups (broad SMARTS) is 1. The van der Waals surface area contributed by atoms with Crippen LogP contribution in [0.4, 0.5) is 15.8 Å². The van der Waals surface area contributed by atoms with E-state index in [4.69, 9.17) is 23.2 Å². The Kier molecular flexibility index (Phi) is 6.70. The largest absolute Gasteiger partial charge is 0.507 e. The molecule has 6 atom stereocenters. The van der Waals surface area contributed by atoms with Crippen LogP contribution in [0.5, 0.6) is 5.75 Å². The van der Waals surface area contributed by atoms with Gasteiger partial charge in [0.15, 0.2) is 9.75 Å². The number of fused-ring (bicyclic) bond motifs is 4. The number of carboxylic acids is 1. The average Bonchev–Trinajstić information content (AvgIpc) is 3.37. The van der Waals surface area contributed by atoms with E-state index in [9.17, 15) is 38.6 Å². The summed E-state index contributed by atoms with van der Waals surface area (Å²) in [5.74, 6) is -8.79. The summed E-state index contributed by atoms with van der Waals surface area (Å²) in [7, 11) is 0. The van der Waals surface area contributed by atoms with E-state index in [1.807, 2.05) is 0 Å². The highest BCUT2D eigenvalue weighted by Crippen LogP contribution is 2.66. The number of alkyl halides is 2. The lowest BCUT2D eigenvalue weighted by molar-refractivity contribution is -0.125. The number of phenolic OH excluding ortho intramolecular Hbond substituents is 1. The van der Waals surface area contributed by atoms with E-state index in [2.05, 4.69) is 0 Å². The number of nitrogens with zero attached hydrogens (tertiary/aromatic N) is 2. The second-order valence-corrected chi connectivity index (χ2v) is 13.4. The van der Waals surface area contributed by atoms with Gasteiger partial charge in [0.05, 0.1) is 28.8 Å². The van der Waals surface area contributed by atoms with Crippen LogP contribution in [0.25, 0.3) is 0 Å². The molecule has 4 amide bonds. The third-order valence-corrected chi connectivity index (χ3v) is 11.2. The van der Waals surface area contributed by atoms with Crippen LogP contribution in [0.3, 0.4) is 0 Å². The van der Waals surface area contributed by atoms with E-state index in [0.717, 1.165) is 21.9 Å². The number of hydrogen-bond acceptors (Lipinski definition) is 6. The van der Waals surface area contributed by atoms with E-state index in [0.29, 0.717) is 11.1 Å². The Hall–Kier alpha value is -4.54. The first-order chi connectivity index (χ1) is 21.8. The summed E-state index contributed by atoms with van der Waals surface area (Å²) in [6.07, 6.45) is 1.53. The van der Waals surface area contributed by atoms with Gasteiger partial charge in [0, 0.05) is 11.5 Å². The van der Waals surface area contributed by atoms with Gasteiger partial charge < -0.3 is 10.2 Å². The Labute approximate surface area is 271 Å². The lowest BCUT2D eigenvalue weighted by Crippen LogP contribution is -2.60. The quantitative estimate of drug-likeness (QED) is 0.220. The number of aromatic hydroxyl groups is 1. The van der Waals surface area contributed by atoms with Crippen molar-refractivity contribution in [3.05, 3.63) is 101 Å². The van der Waals surface area contributed by atoms with Crippen molar-refractivity contribution in [2.75, 3.05) is 9.80 Å². The Balaban J connectivity index is 1.40. The third-order valence-electron chi connectivity index (χ3n) is 9.83. The summed E-state index contributed by atoms with van der Waals surface area (Å²) < 4.78 is 13.8. The van der Waals surface area contributed by atoms with Gasteiger partial charge in [-0.25, -0.2) is 14.1 Å². The van der Waals surface area contributed by atoms with Crippen molar-refractivity contribution in [2.24, 2.45) is 17.8 Å². The number of carbonyl (C=O) groups is 5. The second-order valence-electron chi connectivity index (χ2n) is 12.1. The lowest BCUT2D eigenvalue weighted by atomic mass is 9.56. The van der Waals surface area contributed by atoms with Crippen molar-refractivity contribution >= 4 is 64.2 Å². The van der Waals surface area contributed by atoms with Crippen molar-refractivity contribution in [3.8, 4) is 5.75 Å². The van der Waals surface area contributed by atoms with Crippen LogP contribution >= 0.6 is 23.2 Å². The van der Waals surface area contributed by atoms with E-state index < -0.39 is 68.8 Å². The molecule has 0 aromatic heterocycles. The number of amides is 4. The highest BCUT2D eigenvalue weighted by Gasteiger charge is 2.77. The molecule has 9 nitrogen and oxygen atoms in total. The molecule has 3 aromatic rings. The molecule has 234 valence electrons. The van der Waals surface area contributed by atoms with Gasteiger partial charge in [-0.15, -0.1) is 23.2 Å². The number of carbonyl (C=O) groups excluding carboxylic acids is 4. The SMILES string of the molecule is Cc1cccc(C2C3=CCC4C(=O)N(c5cccc(C(=O)O)c5)C(=O)C4C3CC3(Cl)C(=O)N(c4ccc(F)cc4)C(=O)C23Cl)c1O. The van der Waals surface area contributed by atoms with Crippen molar-refractivity contribution in [1.82, 2.24) is 0 Å². The molecule has 46 heavy (non-hydrogen) atoms. The number of halogens is 3. The first-order valence-corrected chi connectivity index (χ1v) is 15.3. The molecule has 2 aliphatic carbocycles. The third kappa shape index (κ3) is 3.89. The normalized spacial score (nSPS) is 30.2. The predicted molar refractivity (Wildman–Crippen MR) is 165 cm³/mol. The maximum Gasteiger partial charge on any atom is 0.335 e. The van der Waals surface area contributed by atoms with Gasteiger partial charge >= 0.3 is 5.97 Å². The lowest BCUT2D eigenvalue weighted by Gasteiger charge is -2.50. The van der Waals surface area contributed by atoms with Crippen LogP contribution in [0.15, 0.2) is 78.4 Å². The fourth-order valence-corrected chi connectivity index (χ4v) is 8.62. The molecule has 12 heteroatoms. The Morgan fingerprint density at radius 3 is 2.28 bits per heavy atom. The summed E-state index contributed by atoms with van der Waals surface area (Å²) in [6, 6.07) is 15.1. The van der Waals surface area contributed by atoms with Gasteiger partial charge in [-0.2, -0.15) is 0 Å². The van der Waals surface area contributed by atoms with Crippen molar-refractivity contribution < 1.29 is 38.6 Å². The van der Waals surface area contributed by atoms with E-state index in [1.165, 1.54) is 36.4 Å². The topological polar surface area (TPSA) is 132 Å². The van der Waals surface area contributed by atoms with Crippen molar-refractivity contribution in [3.63, 3.8) is 0 Å². The number of allylic oxidation sites excluding steroid dienone is 2. The Morgan fingerprint density at radius 2 is 1.59 bits per heavy atom. The average molecular weight is 663 g/mol. The number of para-hydroxylation sites is 1. The van der Waals surface area contributed by atoms with Crippen LogP contribution in [-0.2, 0) is 19.2 Å². The van der Waals surface area contributed by atoms with E-state index in [1.54, 1.807) is 31.2 Å². The molecule has 0 spiro atoms. The first-order valence-electron chi connectivity index (χ1n) is 14.5. The summed E-state index contributed by atoms with van der Waals surface area (Å²) in [5.41, 5.74) is 1.21. The number of aromatic carboxylic acids is 1. The maximum absolute atomic E-state index is 14.4. The summed E-state index contributed by atoms with van der Waals surface area (Å²) in [6.45, 7) is 1.66. The zero-order valence-corrected chi connectivity index (χ0v) is 25.6. The van der Waals surface area contributed by atoms with Gasteiger partial charge in [0.1, 0.15) is 11.6 Å². The monoisotopic (exact) mass is 662 g/mol. The fourth-order valence-electron chi connectivity index (χ4n) is 7.69. The molecule has 2 aliphatic heterocycles. The van der Waals surface area contributed by atoms with Crippen molar-refractivity contribution in [1.29, 1.82) is 0 Å². The highest BCUT2D eigenvalue weighted by atomic mass is 35.5. The number of hydrogen-bond donors (Lipinski definition) is 2. The molecular weight excluding hydrogens is 638 g/mol. The highest BCUT2D eigenvalue weighted by molar-refractivity contribution is 6.58. The summed E-state index contributed by atoms with van der Waals surface area (Å²) in [4.78, 5) is 65.8. The number of benzene rings is 3. The van der Waals surface area contributed by atoms with Gasteiger partial charge in [0.25, 0.3) is 11.8 Å². The summed E-state index contributed by atoms with van der Waals surface area (Å²) >= 11 is 14.6. The van der Waals surface area contributed by atoms with Crippen LogP contribution < -0.4 is 9.80 Å². The van der Waals surface area contributed by atoms with Gasteiger partial charge in [0.2, 0.25) is 11.8 Å². The Bertz CT molecular complexity index is 1930. The van der Waals surface area contributed by atoms with Crippen LogP contribution in [0.1, 0.15) is 40.2 Å². The molecule has 1 saturated carbocycles. The number of anilines is 2. The molecule has 3 aromatic carbocycles. The molecule has 2 saturated heterocycles. The van der Waals surface area contributed by atoms with Gasteiger partial charge in [-0.3, -0.25) is 24.1 Å². The first kappa shape index (κ1) is 30.1. The predicted octanol–water partition coefficient (Wildman–Crippen LogP) is 5.31. The van der Waals surface area contributed by atoms with Crippen LogP contribution in [-0.4, -0.2) is 49.6 Å². The standard InChI is InChI=1S/C34H25Cl2FN2O7/c1-16-4-2-7-23(27(16)40)26-21-12-13-22-25(29(42)38(28(22)41)20-6-3-5-17(14-20)30(43)44)24(21)15-33(35)31(45)39(32(46)34(26,33)36)19-10-8-18(37)9-11-19/h2-12,14,22,24-26,40H,13,15H2,1H3,(H,43,44). The molecule has 6 unspecified atom stereocenters. The smallest absolute Gasteiger partial charge is 0.335 e. The fraction of sp³-hybridized carbons (Fsp3) is 0.265. The minimum atomic E-state index is -2.18. The number of rotatable bonds is 4. The second kappa shape index (κ2) is 10.2. The number of phenols is 1. The minimum Gasteiger partial charge on any atom is -0.507 e. The number of aryl methyl sites for hydroxylation is 1. The van der Waals surface area contributed by atoms with E-state index in [-0.39, 0.29) is 41.1 Å². The van der Waals surface area contributed by atoms with Gasteiger partial charge in [-0.1, -0.05) is 35.9 Å².